The van der Waals surface area contributed by atoms with Crippen LogP contribution in [0.1, 0.15) is 39.2 Å². The summed E-state index contributed by atoms with van der Waals surface area (Å²) in [6, 6.07) is 7.11. The number of benzene rings is 1. The van der Waals surface area contributed by atoms with Crippen LogP contribution in [0, 0.1) is 26.9 Å². The molecule has 25 heavy (non-hydrogen) atoms. The summed E-state index contributed by atoms with van der Waals surface area (Å²) in [7, 11) is 0. The molecule has 2 aromatic rings. The lowest BCUT2D eigenvalue weighted by Gasteiger charge is -2.31. The van der Waals surface area contributed by atoms with E-state index in [0.717, 1.165) is 23.8 Å². The molecule has 1 aromatic carbocycles. The number of pyridine rings is 1. The van der Waals surface area contributed by atoms with Gasteiger partial charge in [-0.3, -0.25) is 14.9 Å². The van der Waals surface area contributed by atoms with Crippen LogP contribution in [-0.2, 0) is 4.79 Å². The van der Waals surface area contributed by atoms with Crippen molar-refractivity contribution in [3.8, 4) is 0 Å². The number of fused-ring (bicyclic) bond motifs is 3. The number of carbonyl (C=O) groups is 1. The molecule has 1 aromatic heterocycles. The Hall–Kier alpha value is -2.56. The fourth-order valence-electron chi connectivity index (χ4n) is 4.72. The van der Waals surface area contributed by atoms with Crippen LogP contribution in [0.25, 0.3) is 17.0 Å². The van der Waals surface area contributed by atoms with Crippen molar-refractivity contribution in [3.63, 3.8) is 0 Å². The van der Waals surface area contributed by atoms with E-state index < -0.39 is 4.92 Å². The first-order valence-electron chi connectivity index (χ1n) is 8.56. The predicted octanol–water partition coefficient (Wildman–Crippen LogP) is 4.55. The molecule has 2 atom stereocenters. The number of Topliss-reactive ketones (excluding diaryl/α,β-unsaturated/α-hetero) is 1. The molecule has 0 N–H and O–H groups in total. The lowest BCUT2D eigenvalue weighted by atomic mass is 9.70. The quantitative estimate of drug-likeness (QED) is 0.458. The van der Waals surface area contributed by atoms with Crippen LogP contribution in [0.4, 0.5) is 5.69 Å². The molecule has 2 saturated carbocycles. The molecule has 0 unspecified atom stereocenters. The van der Waals surface area contributed by atoms with Gasteiger partial charge in [-0.25, -0.2) is 4.98 Å². The molecule has 2 aliphatic carbocycles. The molecule has 5 heteroatoms. The summed E-state index contributed by atoms with van der Waals surface area (Å²) in [5.41, 5.74) is 1.06. The van der Waals surface area contributed by atoms with Gasteiger partial charge in [0, 0.05) is 22.6 Å². The highest BCUT2D eigenvalue weighted by molar-refractivity contribution is 6.08. The molecule has 0 spiro atoms. The van der Waals surface area contributed by atoms with Crippen LogP contribution >= 0.6 is 0 Å². The van der Waals surface area contributed by atoms with Gasteiger partial charge in [-0.1, -0.05) is 32.9 Å². The Labute approximate surface area is 145 Å². The SMILES string of the molecule is CC1(C)[C@H]2CC[C@@]1(C)C(=O)/C2=C/c1ccc2cccnc2c1[N+](=O)[O-]. The molecule has 0 amide bonds. The number of hydrogen-bond acceptors (Lipinski definition) is 4. The van der Waals surface area contributed by atoms with Crippen molar-refractivity contribution in [2.45, 2.75) is 33.6 Å². The molecule has 0 saturated heterocycles. The number of nitro groups is 1. The average molecular weight is 336 g/mol. The zero-order valence-corrected chi connectivity index (χ0v) is 14.6. The van der Waals surface area contributed by atoms with Gasteiger partial charge in [0.15, 0.2) is 5.78 Å². The Morgan fingerprint density at radius 1 is 1.28 bits per heavy atom. The van der Waals surface area contributed by atoms with Crippen molar-refractivity contribution in [3.05, 3.63) is 51.7 Å². The first kappa shape index (κ1) is 15.9. The monoisotopic (exact) mass is 336 g/mol. The molecular weight excluding hydrogens is 316 g/mol. The zero-order chi connectivity index (χ0) is 18.0. The second kappa shape index (κ2) is 4.97. The fourth-order valence-corrected chi connectivity index (χ4v) is 4.72. The standard InChI is InChI=1S/C20H20N2O3/c1-19(2)15-8-9-20(19,3)18(23)14(15)11-13-7-6-12-5-4-10-21-16(12)17(13)22(24)25/h4-7,10-11,15H,8-9H2,1-3H3/b14-11+/t15-,20-/m0/s1. The molecule has 4 rings (SSSR count). The van der Waals surface area contributed by atoms with Crippen molar-refractivity contribution in [1.82, 2.24) is 4.98 Å². The van der Waals surface area contributed by atoms with Gasteiger partial charge in [0.1, 0.15) is 5.52 Å². The van der Waals surface area contributed by atoms with Crippen molar-refractivity contribution in [1.29, 1.82) is 0 Å². The van der Waals surface area contributed by atoms with Gasteiger partial charge < -0.3 is 0 Å². The Bertz CT molecular complexity index is 961. The number of nitro benzene ring substituents is 1. The minimum Gasteiger partial charge on any atom is -0.294 e. The highest BCUT2D eigenvalue weighted by Crippen LogP contribution is 2.65. The second-order valence-electron chi connectivity index (χ2n) is 7.91. The van der Waals surface area contributed by atoms with E-state index in [9.17, 15) is 14.9 Å². The maximum Gasteiger partial charge on any atom is 0.302 e. The first-order chi connectivity index (χ1) is 11.8. The Balaban J connectivity index is 1.93. The Kier molecular flexibility index (Phi) is 3.17. The zero-order valence-electron chi connectivity index (χ0n) is 14.6. The minimum atomic E-state index is -0.397. The maximum atomic E-state index is 13.0. The van der Waals surface area contributed by atoms with E-state index >= 15 is 0 Å². The lowest BCUT2D eigenvalue weighted by molar-refractivity contribution is -0.383. The first-order valence-corrected chi connectivity index (χ1v) is 8.56. The van der Waals surface area contributed by atoms with Gasteiger partial charge >= 0.3 is 5.69 Å². The molecule has 2 fully saturated rings. The number of ketones is 1. The number of aromatic nitrogens is 1. The fraction of sp³-hybridized carbons (Fsp3) is 0.400. The summed E-state index contributed by atoms with van der Waals surface area (Å²) in [6.45, 7) is 6.31. The number of hydrogen-bond donors (Lipinski definition) is 0. The summed E-state index contributed by atoms with van der Waals surface area (Å²) in [5.74, 6) is 0.299. The molecule has 1 heterocycles. The Morgan fingerprint density at radius 3 is 2.68 bits per heavy atom. The van der Waals surface area contributed by atoms with Crippen molar-refractivity contribution in [2.24, 2.45) is 16.7 Å². The normalized spacial score (nSPS) is 28.8. The molecule has 2 aliphatic rings. The number of rotatable bonds is 2. The van der Waals surface area contributed by atoms with Crippen LogP contribution in [0.3, 0.4) is 0 Å². The van der Waals surface area contributed by atoms with E-state index in [4.69, 9.17) is 0 Å². The van der Waals surface area contributed by atoms with E-state index in [2.05, 4.69) is 18.8 Å². The third kappa shape index (κ3) is 1.95. The third-order valence-electron chi connectivity index (χ3n) is 6.64. The summed E-state index contributed by atoms with van der Waals surface area (Å²) in [6.07, 6.45) is 5.15. The molecular formula is C20H20N2O3. The van der Waals surface area contributed by atoms with Gasteiger partial charge in [0.25, 0.3) is 0 Å². The number of carbonyl (C=O) groups excluding carboxylic acids is 1. The molecule has 2 bridgehead atoms. The second-order valence-corrected chi connectivity index (χ2v) is 7.91. The predicted molar refractivity (Wildman–Crippen MR) is 96.0 cm³/mol. The average Bonchev–Trinajstić information content (AvgIpc) is 2.88. The van der Waals surface area contributed by atoms with E-state index in [1.54, 1.807) is 30.5 Å². The van der Waals surface area contributed by atoms with Crippen LogP contribution in [0.2, 0.25) is 0 Å². The van der Waals surface area contributed by atoms with Crippen LogP contribution < -0.4 is 0 Å². The van der Waals surface area contributed by atoms with E-state index in [1.165, 1.54) is 0 Å². The molecule has 0 radical (unpaired) electrons. The van der Waals surface area contributed by atoms with Gasteiger partial charge in [0.2, 0.25) is 0 Å². The molecule has 128 valence electrons. The largest absolute Gasteiger partial charge is 0.302 e. The minimum absolute atomic E-state index is 0.0240. The van der Waals surface area contributed by atoms with Gasteiger partial charge in [-0.15, -0.1) is 0 Å². The summed E-state index contributed by atoms with van der Waals surface area (Å²) in [5, 5.41) is 12.4. The van der Waals surface area contributed by atoms with Crippen molar-refractivity contribution in [2.75, 3.05) is 0 Å². The highest BCUT2D eigenvalue weighted by Gasteiger charge is 2.63. The van der Waals surface area contributed by atoms with E-state index in [0.29, 0.717) is 11.1 Å². The maximum absolute atomic E-state index is 13.0. The van der Waals surface area contributed by atoms with Crippen LogP contribution in [0.15, 0.2) is 36.0 Å². The topological polar surface area (TPSA) is 73.1 Å². The number of allylic oxidation sites excluding steroid dienone is 1. The Morgan fingerprint density at radius 2 is 2.04 bits per heavy atom. The molecule has 5 nitrogen and oxygen atoms in total. The van der Waals surface area contributed by atoms with E-state index in [-0.39, 0.29) is 28.2 Å². The summed E-state index contributed by atoms with van der Waals surface area (Å²) in [4.78, 5) is 28.5. The van der Waals surface area contributed by atoms with Crippen LogP contribution in [-0.4, -0.2) is 15.7 Å². The van der Waals surface area contributed by atoms with Crippen molar-refractivity contribution >= 4 is 28.4 Å². The van der Waals surface area contributed by atoms with Crippen LogP contribution in [0.5, 0.6) is 0 Å². The summed E-state index contributed by atoms with van der Waals surface area (Å²) >= 11 is 0. The van der Waals surface area contributed by atoms with Gasteiger partial charge in [-0.05, 0) is 42.4 Å². The third-order valence-corrected chi connectivity index (χ3v) is 6.64. The smallest absolute Gasteiger partial charge is 0.294 e. The van der Waals surface area contributed by atoms with Gasteiger partial charge in [-0.2, -0.15) is 0 Å². The highest BCUT2D eigenvalue weighted by atomic mass is 16.6. The van der Waals surface area contributed by atoms with Crippen molar-refractivity contribution < 1.29 is 9.72 Å². The number of nitrogens with zero attached hydrogens (tertiary/aromatic N) is 2. The lowest BCUT2D eigenvalue weighted by Crippen LogP contribution is -2.32. The van der Waals surface area contributed by atoms with E-state index in [1.807, 2.05) is 13.0 Å². The molecule has 0 aliphatic heterocycles. The van der Waals surface area contributed by atoms with Gasteiger partial charge in [0.05, 0.1) is 10.5 Å². The summed E-state index contributed by atoms with van der Waals surface area (Å²) < 4.78 is 0.